The Hall–Kier alpha value is -2.67. The van der Waals surface area contributed by atoms with Gasteiger partial charge in [-0.05, 0) is 19.1 Å². The molecule has 3 aromatic rings. The van der Waals surface area contributed by atoms with Gasteiger partial charge in [0.25, 0.3) is 5.91 Å². The van der Waals surface area contributed by atoms with Gasteiger partial charge in [-0.25, -0.2) is 4.98 Å². The second-order valence-corrected chi connectivity index (χ2v) is 5.28. The summed E-state index contributed by atoms with van der Waals surface area (Å²) in [7, 11) is 0. The van der Waals surface area contributed by atoms with Crippen LogP contribution in [0.5, 0.6) is 5.75 Å². The first-order valence-corrected chi connectivity index (χ1v) is 7.52. The molecule has 0 aliphatic heterocycles. The van der Waals surface area contributed by atoms with Crippen molar-refractivity contribution in [1.29, 1.82) is 5.41 Å². The quantitative estimate of drug-likeness (QED) is 0.774. The van der Waals surface area contributed by atoms with E-state index in [0.717, 1.165) is 0 Å². The van der Waals surface area contributed by atoms with Gasteiger partial charge in [-0.15, -0.1) is 11.3 Å². The third-order valence-electron chi connectivity index (χ3n) is 2.96. The number of amides is 1. The van der Waals surface area contributed by atoms with Crippen molar-refractivity contribution >= 4 is 33.3 Å². The van der Waals surface area contributed by atoms with E-state index >= 15 is 0 Å². The molecule has 0 saturated carbocycles. The number of carbonyl (C=O) groups is 1. The lowest BCUT2D eigenvalue weighted by atomic mass is 10.1. The third kappa shape index (κ3) is 2.71. The summed E-state index contributed by atoms with van der Waals surface area (Å²) >= 11 is 1.31. The predicted octanol–water partition coefficient (Wildman–Crippen LogP) is 3.02. The highest BCUT2D eigenvalue weighted by Gasteiger charge is 2.14. The summed E-state index contributed by atoms with van der Waals surface area (Å²) in [4.78, 5) is 16.2. The molecule has 3 rings (SSSR count). The van der Waals surface area contributed by atoms with Crippen LogP contribution in [0.2, 0.25) is 0 Å². The molecule has 1 aromatic carbocycles. The number of nitrogens with one attached hydrogen (secondary N) is 2. The van der Waals surface area contributed by atoms with E-state index in [1.54, 1.807) is 29.8 Å². The maximum absolute atomic E-state index is 12.2. The summed E-state index contributed by atoms with van der Waals surface area (Å²) in [5, 5.41) is 13.5. The van der Waals surface area contributed by atoms with Gasteiger partial charge in [0.1, 0.15) is 5.56 Å². The van der Waals surface area contributed by atoms with Gasteiger partial charge >= 0.3 is 0 Å². The Morgan fingerprint density at radius 1 is 1.50 bits per heavy atom. The first kappa shape index (κ1) is 14.3. The molecule has 0 radical (unpaired) electrons. The van der Waals surface area contributed by atoms with Crippen molar-refractivity contribution in [3.63, 3.8) is 0 Å². The molecule has 7 heteroatoms. The lowest BCUT2D eigenvalue weighted by Crippen LogP contribution is -2.20. The van der Waals surface area contributed by atoms with Gasteiger partial charge in [0.2, 0.25) is 5.55 Å². The minimum absolute atomic E-state index is 0.149. The Bertz CT molecular complexity index is 871. The number of fused-ring (bicyclic) bond motifs is 1. The van der Waals surface area contributed by atoms with Gasteiger partial charge in [0.15, 0.2) is 16.5 Å². The fraction of sp³-hybridized carbons (Fsp3) is 0.133. The summed E-state index contributed by atoms with van der Waals surface area (Å²) < 4.78 is 11.0. The van der Waals surface area contributed by atoms with E-state index in [2.05, 4.69) is 10.3 Å². The smallest absolute Gasteiger partial charge is 0.262 e. The molecule has 6 nitrogen and oxygen atoms in total. The number of nitrogens with zero attached hydrogens (tertiary/aromatic N) is 1. The molecule has 2 heterocycles. The number of aromatic nitrogens is 1. The average Bonchev–Trinajstić information content (AvgIpc) is 3.00. The topological polar surface area (TPSA) is 88.2 Å². The van der Waals surface area contributed by atoms with Gasteiger partial charge in [-0.3, -0.25) is 15.5 Å². The van der Waals surface area contributed by atoms with Crippen LogP contribution in [-0.2, 0) is 0 Å². The number of benzene rings is 1. The zero-order valence-electron chi connectivity index (χ0n) is 11.8. The standard InChI is InChI=1S/C15H13N3O3S/c1-2-20-11-5-3-4-9-8-10(13(16)21-12(9)11)14(19)18-15-17-6-7-22-15/h3-8,16H,2H2,1H3,(H,17,18,19). The molecule has 0 unspecified atom stereocenters. The first-order valence-electron chi connectivity index (χ1n) is 6.64. The molecule has 112 valence electrons. The number of hydrogen-bond donors (Lipinski definition) is 2. The highest BCUT2D eigenvalue weighted by atomic mass is 32.1. The van der Waals surface area contributed by atoms with Crippen LogP contribution >= 0.6 is 11.3 Å². The van der Waals surface area contributed by atoms with Crippen molar-refractivity contribution in [2.45, 2.75) is 6.92 Å². The number of thiazole rings is 1. The second-order valence-electron chi connectivity index (χ2n) is 4.39. The number of ether oxygens (including phenoxy) is 1. The maximum atomic E-state index is 12.2. The highest BCUT2D eigenvalue weighted by Crippen LogP contribution is 2.25. The van der Waals surface area contributed by atoms with E-state index in [-0.39, 0.29) is 11.1 Å². The van der Waals surface area contributed by atoms with E-state index in [1.165, 1.54) is 11.3 Å². The van der Waals surface area contributed by atoms with E-state index in [0.29, 0.717) is 28.5 Å². The molecule has 0 aliphatic carbocycles. The molecule has 2 N–H and O–H groups in total. The molecule has 0 aliphatic rings. The maximum Gasteiger partial charge on any atom is 0.262 e. The Balaban J connectivity index is 2.02. The predicted molar refractivity (Wildman–Crippen MR) is 83.3 cm³/mol. The lowest BCUT2D eigenvalue weighted by Gasteiger charge is -2.08. The minimum atomic E-state index is -0.424. The van der Waals surface area contributed by atoms with Gasteiger partial charge in [-0.1, -0.05) is 12.1 Å². The Labute approximate surface area is 129 Å². The SMILES string of the molecule is CCOc1cccc2cc(C(=O)Nc3nccs3)c(=N)oc12. The summed E-state index contributed by atoms with van der Waals surface area (Å²) in [5.41, 5.74) is 0.394. The highest BCUT2D eigenvalue weighted by molar-refractivity contribution is 7.13. The third-order valence-corrected chi connectivity index (χ3v) is 3.64. The van der Waals surface area contributed by atoms with Crippen LogP contribution in [0.25, 0.3) is 11.0 Å². The second kappa shape index (κ2) is 5.98. The van der Waals surface area contributed by atoms with E-state index in [4.69, 9.17) is 14.6 Å². The van der Waals surface area contributed by atoms with Crippen molar-refractivity contribution in [3.8, 4) is 5.75 Å². The molecule has 22 heavy (non-hydrogen) atoms. The number of hydrogen-bond acceptors (Lipinski definition) is 6. The van der Waals surface area contributed by atoms with Crippen LogP contribution < -0.4 is 15.6 Å². The molecule has 0 fully saturated rings. The number of rotatable bonds is 4. The van der Waals surface area contributed by atoms with Crippen LogP contribution in [-0.4, -0.2) is 17.5 Å². The molecule has 0 spiro atoms. The summed E-state index contributed by atoms with van der Waals surface area (Å²) in [6, 6.07) is 7.01. The Morgan fingerprint density at radius 2 is 2.36 bits per heavy atom. The monoisotopic (exact) mass is 315 g/mol. The number of carbonyl (C=O) groups excluding carboxylic acids is 1. The minimum Gasteiger partial charge on any atom is -0.490 e. The van der Waals surface area contributed by atoms with Gasteiger partial charge in [0.05, 0.1) is 6.61 Å². The number of para-hydroxylation sites is 1. The van der Waals surface area contributed by atoms with Crippen molar-refractivity contribution in [3.05, 3.63) is 47.0 Å². The molecule has 2 aromatic heterocycles. The molecule has 0 atom stereocenters. The summed E-state index contributed by atoms with van der Waals surface area (Å²) in [6.45, 7) is 2.37. The van der Waals surface area contributed by atoms with Crippen LogP contribution in [0.15, 0.2) is 40.3 Å². The van der Waals surface area contributed by atoms with E-state index in [1.807, 2.05) is 13.0 Å². The summed E-state index contributed by atoms with van der Waals surface area (Å²) in [6.07, 6.45) is 1.60. The average molecular weight is 315 g/mol. The largest absolute Gasteiger partial charge is 0.490 e. The molecule has 0 bridgehead atoms. The molecular weight excluding hydrogens is 302 g/mol. The van der Waals surface area contributed by atoms with Crippen LogP contribution in [0.1, 0.15) is 17.3 Å². The zero-order valence-corrected chi connectivity index (χ0v) is 12.6. The van der Waals surface area contributed by atoms with Crippen molar-refractivity contribution in [2.75, 3.05) is 11.9 Å². The van der Waals surface area contributed by atoms with Crippen LogP contribution in [0.4, 0.5) is 5.13 Å². The zero-order chi connectivity index (χ0) is 15.5. The van der Waals surface area contributed by atoms with Crippen LogP contribution in [0.3, 0.4) is 0 Å². The van der Waals surface area contributed by atoms with Crippen molar-refractivity contribution < 1.29 is 13.9 Å². The first-order chi connectivity index (χ1) is 10.7. The fourth-order valence-electron chi connectivity index (χ4n) is 2.02. The summed E-state index contributed by atoms with van der Waals surface area (Å²) in [5.74, 6) is 0.132. The van der Waals surface area contributed by atoms with Gasteiger partial charge in [0, 0.05) is 17.0 Å². The van der Waals surface area contributed by atoms with Crippen LogP contribution in [0, 0.1) is 5.41 Å². The fourth-order valence-corrected chi connectivity index (χ4v) is 2.55. The van der Waals surface area contributed by atoms with E-state index in [9.17, 15) is 4.79 Å². The lowest BCUT2D eigenvalue weighted by molar-refractivity contribution is 0.102. The molecule has 1 amide bonds. The van der Waals surface area contributed by atoms with Gasteiger partial charge in [-0.2, -0.15) is 0 Å². The molecular formula is C15H13N3O3S. The van der Waals surface area contributed by atoms with Crippen molar-refractivity contribution in [1.82, 2.24) is 4.98 Å². The molecule has 0 saturated heterocycles. The van der Waals surface area contributed by atoms with E-state index < -0.39 is 5.91 Å². The normalized spacial score (nSPS) is 10.6. The van der Waals surface area contributed by atoms with Gasteiger partial charge < -0.3 is 9.15 Å². The number of anilines is 1. The Kier molecular flexibility index (Phi) is 3.88. The Morgan fingerprint density at radius 3 is 3.09 bits per heavy atom. The van der Waals surface area contributed by atoms with Crippen molar-refractivity contribution in [2.24, 2.45) is 0 Å².